The molecule has 4 rings (SSSR count). The highest BCUT2D eigenvalue weighted by Crippen LogP contribution is 2.35. The Morgan fingerprint density at radius 2 is 2.33 bits per heavy atom. The molecule has 1 amide bonds. The fraction of sp³-hybridized carbons (Fsp3) is 0.143. The summed E-state index contributed by atoms with van der Waals surface area (Å²) in [5.74, 6) is 1.11. The lowest BCUT2D eigenvalue weighted by atomic mass is 10.1. The quantitative estimate of drug-likeness (QED) is 0.722. The first-order valence-electron chi connectivity index (χ1n) is 6.42. The van der Waals surface area contributed by atoms with Crippen molar-refractivity contribution in [2.45, 2.75) is 6.92 Å². The Labute approximate surface area is 124 Å². The molecule has 3 aromatic rings. The van der Waals surface area contributed by atoms with Gasteiger partial charge in [-0.25, -0.2) is 4.98 Å². The second-order valence-electron chi connectivity index (χ2n) is 4.89. The molecule has 1 aliphatic heterocycles. The Kier molecular flexibility index (Phi) is 2.46. The van der Waals surface area contributed by atoms with Crippen molar-refractivity contribution in [3.8, 4) is 17.0 Å². The maximum Gasteiger partial charge on any atom is 0.262 e. The van der Waals surface area contributed by atoms with E-state index in [2.05, 4.69) is 10.3 Å². The van der Waals surface area contributed by atoms with E-state index >= 15 is 0 Å². The third-order valence-corrected chi connectivity index (χ3v) is 4.40. The number of hydrogen-bond donors (Lipinski definition) is 2. The minimum atomic E-state index is -0.158. The average molecular weight is 300 g/mol. The number of nitrogens with one attached hydrogen (secondary N) is 1. The number of benzene rings is 1. The summed E-state index contributed by atoms with van der Waals surface area (Å²) >= 11 is 1.55. The highest BCUT2D eigenvalue weighted by molar-refractivity contribution is 7.15. The number of carbonyl (C=O) groups is 1. The third kappa shape index (κ3) is 1.78. The van der Waals surface area contributed by atoms with Crippen LogP contribution in [0.3, 0.4) is 0 Å². The summed E-state index contributed by atoms with van der Waals surface area (Å²) in [6, 6.07) is 5.56. The molecule has 6 nitrogen and oxygen atoms in total. The lowest BCUT2D eigenvalue weighted by Crippen LogP contribution is -2.25. The largest absolute Gasteiger partial charge is 0.482 e. The Balaban J connectivity index is 1.87. The number of aromatic nitrogens is 2. The fourth-order valence-corrected chi connectivity index (χ4v) is 3.34. The number of anilines is 2. The number of amides is 1. The van der Waals surface area contributed by atoms with Gasteiger partial charge in [-0.15, -0.1) is 11.3 Å². The van der Waals surface area contributed by atoms with E-state index in [9.17, 15) is 4.79 Å². The number of aryl methyl sites for hydroxylation is 1. The zero-order valence-corrected chi connectivity index (χ0v) is 12.0. The molecule has 3 heterocycles. The molecule has 0 saturated carbocycles. The molecule has 0 atom stereocenters. The van der Waals surface area contributed by atoms with Gasteiger partial charge in [-0.2, -0.15) is 0 Å². The second kappa shape index (κ2) is 4.23. The Hall–Kier alpha value is -2.54. The standard InChI is InChI=1S/C14H12N4O2S/c1-7-6-21-14-17-12(13(15)18(7)14)8-2-3-10-9(4-8)16-11(19)5-20-10/h2-4,6H,5,15H2,1H3,(H,16,19). The first kappa shape index (κ1) is 12.2. The van der Waals surface area contributed by atoms with E-state index in [4.69, 9.17) is 10.5 Å². The average Bonchev–Trinajstić information content (AvgIpc) is 2.99. The minimum absolute atomic E-state index is 0.0495. The number of nitrogens with two attached hydrogens (primary N) is 1. The molecular formula is C14H12N4O2S. The van der Waals surface area contributed by atoms with Gasteiger partial charge in [0.2, 0.25) is 0 Å². The van der Waals surface area contributed by atoms with Crippen LogP contribution in [0, 0.1) is 6.92 Å². The van der Waals surface area contributed by atoms with Crippen LogP contribution in [0.15, 0.2) is 23.6 Å². The molecule has 0 bridgehead atoms. The smallest absolute Gasteiger partial charge is 0.262 e. The molecule has 1 aromatic carbocycles. The summed E-state index contributed by atoms with van der Waals surface area (Å²) in [5, 5.41) is 4.81. The van der Waals surface area contributed by atoms with E-state index in [1.165, 1.54) is 0 Å². The topological polar surface area (TPSA) is 81.6 Å². The first-order valence-corrected chi connectivity index (χ1v) is 7.30. The van der Waals surface area contributed by atoms with Crippen LogP contribution in [0.25, 0.3) is 16.2 Å². The number of nitrogens with zero attached hydrogens (tertiary/aromatic N) is 2. The molecule has 3 N–H and O–H groups in total. The van der Waals surface area contributed by atoms with Crippen molar-refractivity contribution in [1.29, 1.82) is 0 Å². The van der Waals surface area contributed by atoms with Gasteiger partial charge < -0.3 is 15.8 Å². The summed E-state index contributed by atoms with van der Waals surface area (Å²) in [7, 11) is 0. The van der Waals surface area contributed by atoms with E-state index in [1.54, 1.807) is 11.3 Å². The highest BCUT2D eigenvalue weighted by atomic mass is 32.1. The van der Waals surface area contributed by atoms with Crippen molar-refractivity contribution < 1.29 is 9.53 Å². The van der Waals surface area contributed by atoms with Gasteiger partial charge >= 0.3 is 0 Å². The number of rotatable bonds is 1. The number of thiazole rings is 1. The minimum Gasteiger partial charge on any atom is -0.482 e. The maximum absolute atomic E-state index is 11.4. The van der Waals surface area contributed by atoms with E-state index in [1.807, 2.05) is 34.9 Å². The van der Waals surface area contributed by atoms with Gasteiger partial charge in [0, 0.05) is 16.6 Å². The Morgan fingerprint density at radius 1 is 1.48 bits per heavy atom. The second-order valence-corrected chi connectivity index (χ2v) is 5.73. The van der Waals surface area contributed by atoms with Crippen LogP contribution in [-0.4, -0.2) is 21.9 Å². The van der Waals surface area contributed by atoms with E-state index in [-0.39, 0.29) is 12.5 Å². The van der Waals surface area contributed by atoms with Crippen molar-refractivity contribution in [2.75, 3.05) is 17.7 Å². The number of ether oxygens (including phenoxy) is 1. The van der Waals surface area contributed by atoms with Crippen molar-refractivity contribution in [3.63, 3.8) is 0 Å². The molecule has 0 saturated heterocycles. The number of nitrogen functional groups attached to an aromatic ring is 1. The SMILES string of the molecule is Cc1csc2nc(-c3ccc4c(c3)NC(=O)CO4)c(N)n12. The third-order valence-electron chi connectivity index (χ3n) is 3.46. The summed E-state index contributed by atoms with van der Waals surface area (Å²) in [6.07, 6.45) is 0. The van der Waals surface area contributed by atoms with Crippen LogP contribution >= 0.6 is 11.3 Å². The van der Waals surface area contributed by atoms with Crippen LogP contribution in [0.5, 0.6) is 5.75 Å². The van der Waals surface area contributed by atoms with Crippen molar-refractivity contribution in [3.05, 3.63) is 29.3 Å². The van der Waals surface area contributed by atoms with Crippen LogP contribution in [0.1, 0.15) is 5.69 Å². The first-order chi connectivity index (χ1) is 10.1. The van der Waals surface area contributed by atoms with Gasteiger partial charge in [-0.3, -0.25) is 9.20 Å². The van der Waals surface area contributed by atoms with Crippen molar-refractivity contribution >= 4 is 33.7 Å². The van der Waals surface area contributed by atoms with Crippen LogP contribution in [0.4, 0.5) is 11.5 Å². The van der Waals surface area contributed by atoms with Gasteiger partial charge in [-0.1, -0.05) is 0 Å². The summed E-state index contributed by atoms with van der Waals surface area (Å²) in [6.45, 7) is 2.04. The highest BCUT2D eigenvalue weighted by Gasteiger charge is 2.19. The number of imidazole rings is 1. The summed E-state index contributed by atoms with van der Waals surface area (Å²) < 4.78 is 7.28. The van der Waals surface area contributed by atoms with Gasteiger partial charge in [0.1, 0.15) is 17.3 Å². The Morgan fingerprint density at radius 3 is 3.14 bits per heavy atom. The monoisotopic (exact) mass is 300 g/mol. The van der Waals surface area contributed by atoms with Crippen molar-refractivity contribution in [2.24, 2.45) is 0 Å². The summed E-state index contributed by atoms with van der Waals surface area (Å²) in [5.41, 5.74) is 9.48. The van der Waals surface area contributed by atoms with Crippen LogP contribution in [-0.2, 0) is 4.79 Å². The molecule has 0 fully saturated rings. The Bertz CT molecular complexity index is 881. The maximum atomic E-state index is 11.4. The number of fused-ring (bicyclic) bond motifs is 2. The lowest BCUT2D eigenvalue weighted by Gasteiger charge is -2.18. The molecule has 106 valence electrons. The van der Waals surface area contributed by atoms with Crippen LogP contribution in [0.2, 0.25) is 0 Å². The number of hydrogen-bond acceptors (Lipinski definition) is 5. The zero-order chi connectivity index (χ0) is 14.6. The predicted molar refractivity (Wildman–Crippen MR) is 81.8 cm³/mol. The molecular weight excluding hydrogens is 288 g/mol. The fourth-order valence-electron chi connectivity index (χ4n) is 2.47. The lowest BCUT2D eigenvalue weighted by molar-refractivity contribution is -0.118. The van der Waals surface area contributed by atoms with Gasteiger partial charge in [-0.05, 0) is 25.1 Å². The molecule has 7 heteroatoms. The molecule has 1 aliphatic rings. The van der Waals surface area contributed by atoms with Gasteiger partial charge in [0.15, 0.2) is 11.6 Å². The molecule has 0 unspecified atom stereocenters. The van der Waals surface area contributed by atoms with Crippen molar-refractivity contribution in [1.82, 2.24) is 9.38 Å². The molecule has 21 heavy (non-hydrogen) atoms. The van der Waals surface area contributed by atoms with Gasteiger partial charge in [0.25, 0.3) is 5.91 Å². The molecule has 2 aromatic heterocycles. The molecule has 0 aliphatic carbocycles. The van der Waals surface area contributed by atoms with Crippen LogP contribution < -0.4 is 15.8 Å². The summed E-state index contributed by atoms with van der Waals surface area (Å²) in [4.78, 5) is 16.8. The molecule has 0 radical (unpaired) electrons. The van der Waals surface area contributed by atoms with E-state index < -0.39 is 0 Å². The zero-order valence-electron chi connectivity index (χ0n) is 11.2. The van der Waals surface area contributed by atoms with Gasteiger partial charge in [0.05, 0.1) is 5.69 Å². The molecule has 0 spiro atoms. The normalized spacial score (nSPS) is 13.9. The number of carbonyl (C=O) groups excluding carboxylic acids is 1. The van der Waals surface area contributed by atoms with E-state index in [0.29, 0.717) is 22.9 Å². The predicted octanol–water partition coefficient (Wildman–Crippen LogP) is 2.28. The van der Waals surface area contributed by atoms with E-state index in [0.717, 1.165) is 16.2 Å².